The van der Waals surface area contributed by atoms with E-state index in [0.29, 0.717) is 29.3 Å². The van der Waals surface area contributed by atoms with E-state index < -0.39 is 0 Å². The molecule has 7 heteroatoms. The topological polar surface area (TPSA) is 61.1 Å². The van der Waals surface area contributed by atoms with Gasteiger partial charge in [-0.25, -0.2) is 4.98 Å². The van der Waals surface area contributed by atoms with E-state index in [1.54, 1.807) is 22.9 Å². The van der Waals surface area contributed by atoms with E-state index in [1.807, 2.05) is 11.0 Å². The maximum absolute atomic E-state index is 12.9. The second kappa shape index (κ2) is 7.55. The number of aromatic nitrogens is 2. The van der Waals surface area contributed by atoms with E-state index in [-0.39, 0.29) is 5.91 Å². The molecule has 2 aliphatic rings. The molecule has 2 aromatic rings. The van der Waals surface area contributed by atoms with Crippen LogP contribution in [0, 0.1) is 5.92 Å². The SMILES string of the molecule is O=C(c1cn2cc(Cl)ccc2n1)N1CCC[C@@H](N2CCC(CO)CC2)C1. The number of hydrogen-bond donors (Lipinski definition) is 1. The summed E-state index contributed by atoms with van der Waals surface area (Å²) >= 11 is 6.02. The number of rotatable bonds is 3. The molecule has 2 fully saturated rings. The first-order chi connectivity index (χ1) is 12.6. The lowest BCUT2D eigenvalue weighted by atomic mass is 9.94. The number of halogens is 1. The van der Waals surface area contributed by atoms with Gasteiger partial charge in [-0.15, -0.1) is 0 Å². The van der Waals surface area contributed by atoms with Crippen molar-refractivity contribution < 1.29 is 9.90 Å². The highest BCUT2D eigenvalue weighted by Crippen LogP contribution is 2.24. The highest BCUT2D eigenvalue weighted by molar-refractivity contribution is 6.30. The summed E-state index contributed by atoms with van der Waals surface area (Å²) in [5.74, 6) is 0.442. The molecule has 1 atom stereocenters. The number of likely N-dealkylation sites (tertiary alicyclic amines) is 2. The summed E-state index contributed by atoms with van der Waals surface area (Å²) in [6, 6.07) is 4.02. The van der Waals surface area contributed by atoms with Crippen molar-refractivity contribution in [3.8, 4) is 0 Å². The third kappa shape index (κ3) is 3.59. The van der Waals surface area contributed by atoms with Gasteiger partial charge in [0.2, 0.25) is 0 Å². The van der Waals surface area contributed by atoms with Crippen molar-refractivity contribution in [2.75, 3.05) is 32.8 Å². The fourth-order valence-corrected chi connectivity index (χ4v) is 4.34. The lowest BCUT2D eigenvalue weighted by Crippen LogP contribution is -2.52. The molecule has 0 spiro atoms. The van der Waals surface area contributed by atoms with Crippen molar-refractivity contribution in [3.05, 3.63) is 35.2 Å². The molecule has 4 rings (SSSR count). The van der Waals surface area contributed by atoms with Gasteiger partial charge in [-0.2, -0.15) is 0 Å². The smallest absolute Gasteiger partial charge is 0.274 e. The number of fused-ring (bicyclic) bond motifs is 1. The summed E-state index contributed by atoms with van der Waals surface area (Å²) in [5.41, 5.74) is 1.21. The molecule has 140 valence electrons. The molecule has 26 heavy (non-hydrogen) atoms. The van der Waals surface area contributed by atoms with Crippen LogP contribution in [0.25, 0.3) is 5.65 Å². The Balaban J connectivity index is 1.44. The van der Waals surface area contributed by atoms with Gasteiger partial charge in [0.25, 0.3) is 5.91 Å². The van der Waals surface area contributed by atoms with Gasteiger partial charge < -0.3 is 14.4 Å². The van der Waals surface area contributed by atoms with Gasteiger partial charge in [-0.1, -0.05) is 11.6 Å². The third-order valence-corrected chi connectivity index (χ3v) is 5.97. The quantitative estimate of drug-likeness (QED) is 0.892. The first-order valence-electron chi connectivity index (χ1n) is 9.42. The molecule has 0 aliphatic carbocycles. The largest absolute Gasteiger partial charge is 0.396 e. The van der Waals surface area contributed by atoms with Crippen molar-refractivity contribution >= 4 is 23.2 Å². The zero-order valence-corrected chi connectivity index (χ0v) is 15.6. The Hall–Kier alpha value is -1.63. The standard InChI is InChI=1S/C19H25ClN4O2/c20-15-3-4-18-21-17(12-24(18)10-15)19(26)23-7-1-2-16(11-23)22-8-5-14(13-25)6-9-22/h3-4,10,12,14,16,25H,1-2,5-9,11,13H2/t16-/m1/s1. The van der Waals surface area contributed by atoms with E-state index in [1.165, 1.54) is 0 Å². The highest BCUT2D eigenvalue weighted by Gasteiger charge is 2.31. The van der Waals surface area contributed by atoms with Crippen LogP contribution in [-0.4, -0.2) is 69.0 Å². The zero-order valence-electron chi connectivity index (χ0n) is 14.9. The van der Waals surface area contributed by atoms with Gasteiger partial charge in [-0.05, 0) is 56.8 Å². The summed E-state index contributed by atoms with van der Waals surface area (Å²) in [4.78, 5) is 21.8. The first-order valence-corrected chi connectivity index (χ1v) is 9.80. The molecular weight excluding hydrogens is 352 g/mol. The van der Waals surface area contributed by atoms with E-state index in [2.05, 4.69) is 9.88 Å². The fraction of sp³-hybridized carbons (Fsp3) is 0.579. The van der Waals surface area contributed by atoms with Crippen molar-refractivity contribution in [2.24, 2.45) is 5.92 Å². The van der Waals surface area contributed by atoms with E-state index in [0.717, 1.165) is 57.5 Å². The molecule has 0 unspecified atom stereocenters. The molecule has 0 radical (unpaired) electrons. The van der Waals surface area contributed by atoms with Gasteiger partial charge in [0.15, 0.2) is 0 Å². The van der Waals surface area contributed by atoms with Gasteiger partial charge >= 0.3 is 0 Å². The summed E-state index contributed by atoms with van der Waals surface area (Å²) in [7, 11) is 0. The molecule has 2 aromatic heterocycles. The number of piperidine rings is 2. The lowest BCUT2D eigenvalue weighted by molar-refractivity contribution is 0.0442. The second-order valence-corrected chi connectivity index (χ2v) is 7.88. The Morgan fingerprint density at radius 1 is 1.19 bits per heavy atom. The van der Waals surface area contributed by atoms with E-state index in [4.69, 9.17) is 11.6 Å². The van der Waals surface area contributed by atoms with Crippen LogP contribution in [0.4, 0.5) is 0 Å². The average Bonchev–Trinajstić information content (AvgIpc) is 3.10. The number of pyridine rings is 1. The number of imidazole rings is 1. The molecule has 1 N–H and O–H groups in total. The second-order valence-electron chi connectivity index (χ2n) is 7.45. The van der Waals surface area contributed by atoms with Crippen LogP contribution < -0.4 is 0 Å². The minimum absolute atomic E-state index is 0.000216. The van der Waals surface area contributed by atoms with E-state index >= 15 is 0 Å². The monoisotopic (exact) mass is 376 g/mol. The lowest BCUT2D eigenvalue weighted by Gasteiger charge is -2.42. The highest BCUT2D eigenvalue weighted by atomic mass is 35.5. The Morgan fingerprint density at radius 3 is 2.77 bits per heavy atom. The van der Waals surface area contributed by atoms with Crippen molar-refractivity contribution in [1.29, 1.82) is 0 Å². The van der Waals surface area contributed by atoms with Gasteiger partial charge in [0.1, 0.15) is 11.3 Å². The number of aliphatic hydroxyl groups is 1. The van der Waals surface area contributed by atoms with Crippen LogP contribution in [0.5, 0.6) is 0 Å². The molecule has 0 bridgehead atoms. The van der Waals surface area contributed by atoms with Crippen LogP contribution >= 0.6 is 11.6 Å². The predicted molar refractivity (Wildman–Crippen MR) is 101 cm³/mol. The summed E-state index contributed by atoms with van der Waals surface area (Å²) in [6.45, 7) is 3.88. The summed E-state index contributed by atoms with van der Waals surface area (Å²) in [5, 5.41) is 9.94. The summed E-state index contributed by atoms with van der Waals surface area (Å²) in [6.07, 6.45) is 7.79. The van der Waals surface area contributed by atoms with E-state index in [9.17, 15) is 9.90 Å². The van der Waals surface area contributed by atoms with Gasteiger partial charge in [0, 0.05) is 38.1 Å². The average molecular weight is 377 g/mol. The fourth-order valence-electron chi connectivity index (χ4n) is 4.17. The Bertz CT molecular complexity index is 785. The third-order valence-electron chi connectivity index (χ3n) is 5.74. The van der Waals surface area contributed by atoms with Crippen LogP contribution in [0.2, 0.25) is 5.02 Å². The normalized spacial score (nSPS) is 22.8. The molecule has 6 nitrogen and oxygen atoms in total. The maximum atomic E-state index is 12.9. The van der Waals surface area contributed by atoms with Crippen molar-refractivity contribution in [1.82, 2.24) is 19.2 Å². The number of carbonyl (C=O) groups excluding carboxylic acids is 1. The van der Waals surface area contributed by atoms with Crippen LogP contribution in [0.3, 0.4) is 0 Å². The summed E-state index contributed by atoms with van der Waals surface area (Å²) < 4.78 is 1.80. The number of amides is 1. The van der Waals surface area contributed by atoms with Crippen molar-refractivity contribution in [3.63, 3.8) is 0 Å². The van der Waals surface area contributed by atoms with Crippen LogP contribution in [0.1, 0.15) is 36.2 Å². The minimum atomic E-state index is -0.000216. The van der Waals surface area contributed by atoms with Gasteiger partial charge in [-0.3, -0.25) is 9.69 Å². The molecular formula is C19H25ClN4O2. The Morgan fingerprint density at radius 2 is 2.00 bits per heavy atom. The number of nitrogens with zero attached hydrogens (tertiary/aromatic N) is 4. The zero-order chi connectivity index (χ0) is 18.1. The van der Waals surface area contributed by atoms with Crippen LogP contribution in [-0.2, 0) is 0 Å². The number of aliphatic hydroxyl groups excluding tert-OH is 1. The Labute approximate surface area is 158 Å². The maximum Gasteiger partial charge on any atom is 0.274 e. The molecule has 2 saturated heterocycles. The van der Waals surface area contributed by atoms with Crippen LogP contribution in [0.15, 0.2) is 24.5 Å². The molecule has 4 heterocycles. The minimum Gasteiger partial charge on any atom is -0.396 e. The molecule has 0 aromatic carbocycles. The van der Waals surface area contributed by atoms with Crippen molar-refractivity contribution in [2.45, 2.75) is 31.7 Å². The number of hydrogen-bond acceptors (Lipinski definition) is 4. The molecule has 2 aliphatic heterocycles. The Kier molecular flexibility index (Phi) is 5.16. The molecule has 1 amide bonds. The predicted octanol–water partition coefficient (Wildman–Crippen LogP) is 2.30. The first kappa shape index (κ1) is 17.8. The number of carbonyl (C=O) groups is 1. The molecule has 0 saturated carbocycles. The van der Waals surface area contributed by atoms with Gasteiger partial charge in [0.05, 0.1) is 5.02 Å².